The lowest BCUT2D eigenvalue weighted by Gasteiger charge is -2.51. The van der Waals surface area contributed by atoms with Crippen LogP contribution >= 0.6 is 0 Å². The summed E-state index contributed by atoms with van der Waals surface area (Å²) in [6.45, 7) is 4.23. The smallest absolute Gasteiger partial charge is 0.165 e. The minimum Gasteiger partial charge on any atom is -0.486 e. The highest BCUT2D eigenvalue weighted by Gasteiger charge is 2.57. The zero-order valence-electron chi connectivity index (χ0n) is 12.9. The van der Waals surface area contributed by atoms with Crippen molar-refractivity contribution in [3.8, 4) is 11.5 Å². The third-order valence-corrected chi connectivity index (χ3v) is 5.60. The second-order valence-corrected chi connectivity index (χ2v) is 7.58. The van der Waals surface area contributed by atoms with Gasteiger partial charge in [0.2, 0.25) is 0 Å². The fourth-order valence-electron chi connectivity index (χ4n) is 4.41. The fraction of sp³-hybridized carbons (Fsp3) is 0.667. The Balaban J connectivity index is 1.58. The van der Waals surface area contributed by atoms with Crippen LogP contribution in [0.3, 0.4) is 0 Å². The van der Waals surface area contributed by atoms with E-state index in [2.05, 4.69) is 26.0 Å². The van der Waals surface area contributed by atoms with Crippen LogP contribution in [-0.4, -0.2) is 22.9 Å². The van der Waals surface area contributed by atoms with E-state index in [1.165, 1.54) is 18.4 Å². The first kappa shape index (κ1) is 13.4. The molecule has 2 saturated carbocycles. The van der Waals surface area contributed by atoms with Gasteiger partial charge in [0.05, 0.1) is 6.10 Å². The number of hydrogen-bond donors (Lipinski definition) is 1. The summed E-state index contributed by atoms with van der Waals surface area (Å²) in [4.78, 5) is 0. The largest absolute Gasteiger partial charge is 0.486 e. The number of para-hydroxylation sites is 1. The maximum atomic E-state index is 10.2. The second kappa shape index (κ2) is 4.39. The van der Waals surface area contributed by atoms with E-state index in [0.29, 0.717) is 0 Å². The Kier molecular flexibility index (Phi) is 2.81. The molecule has 1 aromatic carbocycles. The number of benzene rings is 1. The van der Waals surface area contributed by atoms with E-state index in [-0.39, 0.29) is 23.2 Å². The Morgan fingerprint density at radius 3 is 2.71 bits per heavy atom. The Bertz CT molecular complexity index is 558. The van der Waals surface area contributed by atoms with Crippen LogP contribution in [0.4, 0.5) is 0 Å². The third kappa shape index (κ3) is 1.97. The quantitative estimate of drug-likeness (QED) is 0.905. The molecule has 21 heavy (non-hydrogen) atoms. The SMILES string of the molecule is CC1(C)Cc2cccc(OC3CC(O)C34CCCC4)c2O1. The predicted octanol–water partition coefficient (Wildman–Crippen LogP) is 3.47. The second-order valence-electron chi connectivity index (χ2n) is 7.58. The molecular formula is C18H24O3. The van der Waals surface area contributed by atoms with Crippen molar-refractivity contribution < 1.29 is 14.6 Å². The molecule has 0 bridgehead atoms. The fourth-order valence-corrected chi connectivity index (χ4v) is 4.41. The Morgan fingerprint density at radius 1 is 1.24 bits per heavy atom. The van der Waals surface area contributed by atoms with Crippen LogP contribution in [0.25, 0.3) is 0 Å². The Hall–Kier alpha value is -1.22. The molecule has 114 valence electrons. The van der Waals surface area contributed by atoms with E-state index in [4.69, 9.17) is 9.47 Å². The van der Waals surface area contributed by atoms with E-state index in [9.17, 15) is 5.11 Å². The maximum absolute atomic E-state index is 10.2. The molecule has 2 unspecified atom stereocenters. The van der Waals surface area contributed by atoms with Crippen molar-refractivity contribution in [1.29, 1.82) is 0 Å². The van der Waals surface area contributed by atoms with E-state index < -0.39 is 0 Å². The molecule has 0 amide bonds. The number of rotatable bonds is 2. The normalized spacial score (nSPS) is 31.6. The molecule has 4 rings (SSSR count). The summed E-state index contributed by atoms with van der Waals surface area (Å²) < 4.78 is 12.4. The van der Waals surface area contributed by atoms with Crippen LogP contribution in [0.5, 0.6) is 11.5 Å². The van der Waals surface area contributed by atoms with Gasteiger partial charge in [-0.05, 0) is 32.8 Å². The summed E-state index contributed by atoms with van der Waals surface area (Å²) in [5.41, 5.74) is 1.10. The van der Waals surface area contributed by atoms with Gasteiger partial charge in [-0.2, -0.15) is 0 Å². The number of aliphatic hydroxyl groups excluding tert-OH is 1. The number of ether oxygens (including phenoxy) is 2. The number of aliphatic hydroxyl groups is 1. The average molecular weight is 288 g/mol. The first-order valence-electron chi connectivity index (χ1n) is 8.16. The minimum atomic E-state index is -0.181. The standard InChI is InChI=1S/C18H24O3/c1-17(2)11-12-6-5-7-13(16(12)21-17)20-15-10-14(19)18(15)8-3-4-9-18/h5-7,14-15,19H,3-4,8-11H2,1-2H3. The molecular weight excluding hydrogens is 264 g/mol. The molecule has 2 atom stereocenters. The molecule has 1 aromatic rings. The molecule has 2 aliphatic carbocycles. The van der Waals surface area contributed by atoms with Crippen LogP contribution in [0.1, 0.15) is 51.5 Å². The van der Waals surface area contributed by atoms with Crippen molar-refractivity contribution in [3.05, 3.63) is 23.8 Å². The zero-order chi connectivity index (χ0) is 14.7. The lowest BCUT2D eigenvalue weighted by molar-refractivity contribution is -0.152. The first-order chi connectivity index (χ1) is 10.0. The van der Waals surface area contributed by atoms with Crippen molar-refractivity contribution in [2.75, 3.05) is 0 Å². The minimum absolute atomic E-state index is 0.0108. The van der Waals surface area contributed by atoms with Gasteiger partial charge >= 0.3 is 0 Å². The van der Waals surface area contributed by atoms with E-state index in [1.807, 2.05) is 6.07 Å². The monoisotopic (exact) mass is 288 g/mol. The lowest BCUT2D eigenvalue weighted by Crippen LogP contribution is -2.58. The molecule has 0 saturated heterocycles. The molecule has 1 spiro atoms. The molecule has 3 nitrogen and oxygen atoms in total. The summed E-state index contributed by atoms with van der Waals surface area (Å²) >= 11 is 0. The van der Waals surface area contributed by atoms with Crippen LogP contribution in [-0.2, 0) is 6.42 Å². The Labute approximate surface area is 126 Å². The van der Waals surface area contributed by atoms with Crippen molar-refractivity contribution in [2.24, 2.45) is 5.41 Å². The van der Waals surface area contributed by atoms with Gasteiger partial charge in [-0.3, -0.25) is 0 Å². The highest BCUT2D eigenvalue weighted by molar-refractivity contribution is 5.50. The van der Waals surface area contributed by atoms with Gasteiger partial charge in [-0.25, -0.2) is 0 Å². The van der Waals surface area contributed by atoms with Gasteiger partial charge in [0, 0.05) is 23.8 Å². The number of fused-ring (bicyclic) bond motifs is 1. The van der Waals surface area contributed by atoms with Crippen molar-refractivity contribution >= 4 is 0 Å². The molecule has 0 aromatic heterocycles. The molecule has 3 heteroatoms. The van der Waals surface area contributed by atoms with Crippen molar-refractivity contribution in [1.82, 2.24) is 0 Å². The molecule has 2 fully saturated rings. The van der Waals surface area contributed by atoms with E-state index >= 15 is 0 Å². The lowest BCUT2D eigenvalue weighted by atomic mass is 9.62. The molecule has 1 N–H and O–H groups in total. The van der Waals surface area contributed by atoms with Gasteiger partial charge in [-0.1, -0.05) is 25.0 Å². The van der Waals surface area contributed by atoms with E-state index in [1.54, 1.807) is 0 Å². The summed E-state index contributed by atoms with van der Waals surface area (Å²) in [5.74, 6) is 1.78. The summed E-state index contributed by atoms with van der Waals surface area (Å²) in [6.07, 6.45) is 6.28. The van der Waals surface area contributed by atoms with Gasteiger partial charge < -0.3 is 14.6 Å². The third-order valence-electron chi connectivity index (χ3n) is 5.60. The predicted molar refractivity (Wildman–Crippen MR) is 80.8 cm³/mol. The highest BCUT2D eigenvalue weighted by Crippen LogP contribution is 2.55. The van der Waals surface area contributed by atoms with Gasteiger partial charge in [-0.15, -0.1) is 0 Å². The average Bonchev–Trinajstić information content (AvgIpc) is 3.03. The maximum Gasteiger partial charge on any atom is 0.165 e. The first-order valence-corrected chi connectivity index (χ1v) is 8.16. The molecule has 0 radical (unpaired) electrons. The Morgan fingerprint density at radius 2 is 2.00 bits per heavy atom. The van der Waals surface area contributed by atoms with Crippen molar-refractivity contribution in [2.45, 2.75) is 70.2 Å². The summed E-state index contributed by atoms with van der Waals surface area (Å²) in [6, 6.07) is 6.18. The van der Waals surface area contributed by atoms with Crippen LogP contribution in [0.2, 0.25) is 0 Å². The van der Waals surface area contributed by atoms with Gasteiger partial charge in [0.15, 0.2) is 11.5 Å². The van der Waals surface area contributed by atoms with Crippen LogP contribution in [0.15, 0.2) is 18.2 Å². The summed E-state index contributed by atoms with van der Waals surface area (Å²) in [7, 11) is 0. The topological polar surface area (TPSA) is 38.7 Å². The molecule has 1 heterocycles. The van der Waals surface area contributed by atoms with Gasteiger partial charge in [0.1, 0.15) is 11.7 Å². The molecule has 1 aliphatic heterocycles. The van der Waals surface area contributed by atoms with E-state index in [0.717, 1.165) is 37.2 Å². The van der Waals surface area contributed by atoms with Crippen LogP contribution in [0, 0.1) is 5.41 Å². The highest BCUT2D eigenvalue weighted by atomic mass is 16.5. The molecule has 3 aliphatic rings. The van der Waals surface area contributed by atoms with Gasteiger partial charge in [0.25, 0.3) is 0 Å². The van der Waals surface area contributed by atoms with Crippen LogP contribution < -0.4 is 9.47 Å². The van der Waals surface area contributed by atoms with Crippen molar-refractivity contribution in [3.63, 3.8) is 0 Å². The number of hydrogen-bond acceptors (Lipinski definition) is 3. The summed E-state index contributed by atoms with van der Waals surface area (Å²) in [5, 5.41) is 10.2. The zero-order valence-corrected chi connectivity index (χ0v) is 12.9.